The maximum atomic E-state index is 12.9. The van der Waals surface area contributed by atoms with E-state index in [2.05, 4.69) is 20.3 Å². The first-order chi connectivity index (χ1) is 14.8. The molecular formula is C23H23F3N4O2. The molecule has 2 N–H and O–H groups in total. The van der Waals surface area contributed by atoms with Gasteiger partial charge in [-0.1, -0.05) is 6.07 Å². The second kappa shape index (κ2) is 8.66. The van der Waals surface area contributed by atoms with Gasteiger partial charge >= 0.3 is 6.18 Å². The number of alkyl halides is 3. The van der Waals surface area contributed by atoms with Crippen molar-refractivity contribution in [1.29, 1.82) is 0 Å². The van der Waals surface area contributed by atoms with Gasteiger partial charge in [0.1, 0.15) is 0 Å². The second-order valence-corrected chi connectivity index (χ2v) is 8.11. The SMILES string of the molecule is Cc1ccc(-c2cc(C(=O)NC(C)c3cnc(C(F)(F)F)nc3)cc(C(C)(C)O)c2)nc1. The van der Waals surface area contributed by atoms with Crippen LogP contribution in [-0.2, 0) is 11.8 Å². The molecule has 1 atom stereocenters. The third-order valence-corrected chi connectivity index (χ3v) is 4.88. The van der Waals surface area contributed by atoms with Crippen LogP contribution in [0.4, 0.5) is 13.2 Å². The van der Waals surface area contributed by atoms with E-state index in [1.165, 1.54) is 0 Å². The van der Waals surface area contributed by atoms with Gasteiger partial charge < -0.3 is 10.4 Å². The van der Waals surface area contributed by atoms with Gasteiger partial charge in [-0.25, -0.2) is 9.97 Å². The number of aromatic nitrogens is 3. The number of halogens is 3. The number of amides is 1. The van der Waals surface area contributed by atoms with Gasteiger partial charge in [-0.2, -0.15) is 13.2 Å². The van der Waals surface area contributed by atoms with E-state index in [-0.39, 0.29) is 5.56 Å². The lowest BCUT2D eigenvalue weighted by Crippen LogP contribution is -2.28. The van der Waals surface area contributed by atoms with Gasteiger partial charge in [-0.05, 0) is 63.1 Å². The van der Waals surface area contributed by atoms with Crippen LogP contribution in [0.3, 0.4) is 0 Å². The van der Waals surface area contributed by atoms with Crippen molar-refractivity contribution >= 4 is 5.91 Å². The first-order valence-electron chi connectivity index (χ1n) is 9.85. The highest BCUT2D eigenvalue weighted by Gasteiger charge is 2.34. The van der Waals surface area contributed by atoms with E-state index >= 15 is 0 Å². The summed E-state index contributed by atoms with van der Waals surface area (Å²) in [6.07, 6.45) is -0.854. The second-order valence-electron chi connectivity index (χ2n) is 8.11. The fourth-order valence-electron chi connectivity index (χ4n) is 2.97. The summed E-state index contributed by atoms with van der Waals surface area (Å²) in [5, 5.41) is 13.2. The Labute approximate surface area is 183 Å². The quantitative estimate of drug-likeness (QED) is 0.601. The molecule has 32 heavy (non-hydrogen) atoms. The van der Waals surface area contributed by atoms with Crippen molar-refractivity contribution in [2.45, 2.75) is 45.5 Å². The Morgan fingerprint density at radius 1 is 1.03 bits per heavy atom. The summed E-state index contributed by atoms with van der Waals surface area (Å²) in [5.74, 6) is -1.70. The number of hydrogen-bond donors (Lipinski definition) is 2. The van der Waals surface area contributed by atoms with Crippen molar-refractivity contribution in [3.05, 3.63) is 77.0 Å². The molecule has 0 aliphatic carbocycles. The zero-order valence-electron chi connectivity index (χ0n) is 18.0. The molecule has 0 saturated carbocycles. The summed E-state index contributed by atoms with van der Waals surface area (Å²) < 4.78 is 38.0. The fourth-order valence-corrected chi connectivity index (χ4v) is 2.97. The van der Waals surface area contributed by atoms with Crippen molar-refractivity contribution < 1.29 is 23.1 Å². The van der Waals surface area contributed by atoms with Crippen molar-refractivity contribution in [1.82, 2.24) is 20.3 Å². The van der Waals surface area contributed by atoms with E-state index < -0.39 is 29.6 Å². The number of nitrogens with zero attached hydrogens (tertiary/aromatic N) is 3. The first kappa shape index (κ1) is 23.3. The molecule has 3 rings (SSSR count). The number of aryl methyl sites for hydroxylation is 1. The number of aliphatic hydroxyl groups is 1. The van der Waals surface area contributed by atoms with E-state index in [0.717, 1.165) is 18.0 Å². The third kappa shape index (κ3) is 5.47. The highest BCUT2D eigenvalue weighted by atomic mass is 19.4. The van der Waals surface area contributed by atoms with Crippen molar-refractivity contribution in [2.75, 3.05) is 0 Å². The summed E-state index contributed by atoms with van der Waals surface area (Å²) in [6.45, 7) is 6.75. The number of carbonyl (C=O) groups excluding carboxylic acids is 1. The molecule has 0 spiro atoms. The number of nitrogens with one attached hydrogen (secondary N) is 1. The minimum atomic E-state index is -4.64. The lowest BCUT2D eigenvalue weighted by molar-refractivity contribution is -0.145. The van der Waals surface area contributed by atoms with E-state index in [9.17, 15) is 23.1 Å². The van der Waals surface area contributed by atoms with E-state index in [1.807, 2.05) is 19.1 Å². The van der Waals surface area contributed by atoms with Crippen LogP contribution in [0.2, 0.25) is 0 Å². The van der Waals surface area contributed by atoms with E-state index in [4.69, 9.17) is 0 Å². The largest absolute Gasteiger partial charge is 0.451 e. The van der Waals surface area contributed by atoms with Crippen molar-refractivity contribution in [3.8, 4) is 11.3 Å². The Bertz CT molecular complexity index is 1110. The molecule has 2 aromatic heterocycles. The molecule has 1 amide bonds. The molecule has 3 aromatic rings. The molecule has 0 radical (unpaired) electrons. The topological polar surface area (TPSA) is 88.0 Å². The monoisotopic (exact) mass is 444 g/mol. The van der Waals surface area contributed by atoms with Gasteiger partial charge in [0.2, 0.25) is 5.82 Å². The van der Waals surface area contributed by atoms with Crippen LogP contribution in [-0.4, -0.2) is 26.0 Å². The predicted molar refractivity (Wildman–Crippen MR) is 113 cm³/mol. The Morgan fingerprint density at radius 3 is 2.22 bits per heavy atom. The fraction of sp³-hybridized carbons (Fsp3) is 0.304. The number of benzene rings is 1. The minimum absolute atomic E-state index is 0.279. The van der Waals surface area contributed by atoms with Crippen LogP contribution in [0.15, 0.2) is 48.9 Å². The highest BCUT2D eigenvalue weighted by molar-refractivity contribution is 5.96. The van der Waals surface area contributed by atoms with Gasteiger partial charge in [0.25, 0.3) is 5.91 Å². The molecule has 0 saturated heterocycles. The number of pyridine rings is 1. The first-order valence-corrected chi connectivity index (χ1v) is 9.85. The van der Waals surface area contributed by atoms with Gasteiger partial charge in [0.15, 0.2) is 0 Å². The smallest absolute Gasteiger partial charge is 0.386 e. The van der Waals surface area contributed by atoms with Crippen molar-refractivity contribution in [2.24, 2.45) is 0 Å². The van der Waals surface area contributed by atoms with Gasteiger partial charge in [0, 0.05) is 35.3 Å². The molecule has 0 fully saturated rings. The zero-order chi connectivity index (χ0) is 23.7. The number of rotatable bonds is 5. The van der Waals surface area contributed by atoms with Gasteiger partial charge in [0.05, 0.1) is 17.3 Å². The Kier molecular flexibility index (Phi) is 6.32. The summed E-state index contributed by atoms with van der Waals surface area (Å²) in [7, 11) is 0. The number of carbonyl (C=O) groups is 1. The molecule has 0 aliphatic heterocycles. The summed E-state index contributed by atoms with van der Waals surface area (Å²) in [5.41, 5.74) is 2.20. The normalized spacial score (nSPS) is 13.0. The maximum Gasteiger partial charge on any atom is 0.451 e. The molecule has 0 aliphatic rings. The molecule has 2 heterocycles. The number of hydrogen-bond acceptors (Lipinski definition) is 5. The predicted octanol–water partition coefficient (Wildman–Crippen LogP) is 4.58. The van der Waals surface area contributed by atoms with Crippen LogP contribution >= 0.6 is 0 Å². The van der Waals surface area contributed by atoms with Gasteiger partial charge in [-0.3, -0.25) is 9.78 Å². The molecule has 9 heteroatoms. The van der Waals surface area contributed by atoms with Crippen molar-refractivity contribution in [3.63, 3.8) is 0 Å². The highest BCUT2D eigenvalue weighted by Crippen LogP contribution is 2.28. The average molecular weight is 444 g/mol. The molecule has 1 unspecified atom stereocenters. The lowest BCUT2D eigenvalue weighted by atomic mass is 9.92. The average Bonchev–Trinajstić information content (AvgIpc) is 2.72. The molecular weight excluding hydrogens is 421 g/mol. The van der Waals surface area contributed by atoms with Crippen LogP contribution in [0.25, 0.3) is 11.3 Å². The van der Waals surface area contributed by atoms with Crippen LogP contribution in [0.1, 0.15) is 59.7 Å². The third-order valence-electron chi connectivity index (χ3n) is 4.88. The zero-order valence-corrected chi connectivity index (χ0v) is 18.0. The minimum Gasteiger partial charge on any atom is -0.386 e. The maximum absolute atomic E-state index is 12.9. The van der Waals surface area contributed by atoms with Crippen LogP contribution < -0.4 is 5.32 Å². The Hall–Kier alpha value is -3.33. The molecule has 168 valence electrons. The summed E-state index contributed by atoms with van der Waals surface area (Å²) >= 11 is 0. The standard InChI is InChI=1S/C23H23F3N4O2/c1-13-5-6-19(27-10-13)15-7-16(9-18(8-15)22(3,4)32)20(31)30-14(2)17-11-28-21(29-12-17)23(24,25)26/h5-12,14,32H,1-4H3,(H,30,31). The summed E-state index contributed by atoms with van der Waals surface area (Å²) in [4.78, 5) is 24.0. The molecule has 0 bridgehead atoms. The van der Waals surface area contributed by atoms with Gasteiger partial charge in [-0.15, -0.1) is 0 Å². The summed E-state index contributed by atoms with van der Waals surface area (Å²) in [6, 6.07) is 8.06. The lowest BCUT2D eigenvalue weighted by Gasteiger charge is -2.21. The van der Waals surface area contributed by atoms with E-state index in [0.29, 0.717) is 22.4 Å². The van der Waals surface area contributed by atoms with Crippen LogP contribution in [0, 0.1) is 6.92 Å². The molecule has 6 nitrogen and oxygen atoms in total. The Balaban J connectivity index is 1.89. The Morgan fingerprint density at radius 2 is 1.69 bits per heavy atom. The van der Waals surface area contributed by atoms with E-state index in [1.54, 1.807) is 45.2 Å². The van der Waals surface area contributed by atoms with Crippen LogP contribution in [0.5, 0.6) is 0 Å². The molecule has 1 aromatic carbocycles.